The Hall–Kier alpha value is -0.620. The molecular weight excluding hydrogens is 310 g/mol. The second-order valence-corrected chi connectivity index (χ2v) is 5.88. The Morgan fingerprint density at radius 3 is 2.84 bits per heavy atom. The summed E-state index contributed by atoms with van der Waals surface area (Å²) >= 11 is 3.56. The number of ether oxygens (including phenoxy) is 1. The van der Waals surface area contributed by atoms with Crippen molar-refractivity contribution in [2.75, 3.05) is 24.7 Å². The third-order valence-electron chi connectivity index (χ3n) is 3.47. The minimum absolute atomic E-state index is 0.0343. The summed E-state index contributed by atoms with van der Waals surface area (Å²) in [5.41, 5.74) is 1.95. The van der Waals surface area contributed by atoms with Crippen LogP contribution < -0.4 is 4.90 Å². The van der Waals surface area contributed by atoms with Gasteiger partial charge in [0.1, 0.15) is 0 Å². The zero-order chi connectivity index (χ0) is 14.0. The Kier molecular flexibility index (Phi) is 4.84. The highest BCUT2D eigenvalue weighted by Gasteiger charge is 2.27. The van der Waals surface area contributed by atoms with Crippen molar-refractivity contribution in [1.82, 2.24) is 0 Å². The third-order valence-corrected chi connectivity index (χ3v) is 4.11. The van der Waals surface area contributed by atoms with Crippen molar-refractivity contribution in [2.45, 2.75) is 32.1 Å². The van der Waals surface area contributed by atoms with Gasteiger partial charge in [-0.2, -0.15) is 0 Å². The van der Waals surface area contributed by atoms with Gasteiger partial charge in [-0.3, -0.25) is 0 Å². The summed E-state index contributed by atoms with van der Waals surface area (Å²) in [5, 5.41) is 18.8. The number of halogens is 1. The minimum Gasteiger partial charge on any atom is -0.394 e. The summed E-state index contributed by atoms with van der Waals surface area (Å²) in [6.45, 7) is 5.16. The quantitative estimate of drug-likeness (QED) is 0.891. The summed E-state index contributed by atoms with van der Waals surface area (Å²) in [6.07, 6.45) is -0.614. The molecule has 0 spiro atoms. The van der Waals surface area contributed by atoms with Crippen LogP contribution in [0, 0.1) is 0 Å². The van der Waals surface area contributed by atoms with E-state index in [1.807, 2.05) is 18.2 Å². The number of benzene rings is 1. The highest BCUT2D eigenvalue weighted by Crippen LogP contribution is 2.32. The molecule has 2 unspecified atom stereocenters. The van der Waals surface area contributed by atoms with Crippen molar-refractivity contribution >= 4 is 21.6 Å². The zero-order valence-electron chi connectivity index (χ0n) is 11.2. The van der Waals surface area contributed by atoms with Crippen molar-refractivity contribution in [1.29, 1.82) is 0 Å². The summed E-state index contributed by atoms with van der Waals surface area (Å²) < 4.78 is 6.50. The van der Waals surface area contributed by atoms with E-state index < -0.39 is 6.10 Å². The fourth-order valence-electron chi connectivity index (χ4n) is 2.28. The van der Waals surface area contributed by atoms with E-state index in [1.54, 1.807) is 6.92 Å². The van der Waals surface area contributed by atoms with Crippen molar-refractivity contribution < 1.29 is 14.9 Å². The van der Waals surface area contributed by atoms with E-state index in [9.17, 15) is 10.2 Å². The largest absolute Gasteiger partial charge is 0.394 e. The van der Waals surface area contributed by atoms with E-state index in [2.05, 4.69) is 27.8 Å². The monoisotopic (exact) mass is 329 g/mol. The van der Waals surface area contributed by atoms with Crippen molar-refractivity contribution in [3.63, 3.8) is 0 Å². The van der Waals surface area contributed by atoms with Gasteiger partial charge in [0.15, 0.2) is 0 Å². The Balaban J connectivity index is 2.24. The minimum atomic E-state index is -0.474. The van der Waals surface area contributed by atoms with Crippen LogP contribution in [0.25, 0.3) is 0 Å². The Morgan fingerprint density at radius 2 is 2.26 bits per heavy atom. The van der Waals surface area contributed by atoms with Gasteiger partial charge in [-0.1, -0.05) is 6.07 Å². The van der Waals surface area contributed by atoms with E-state index >= 15 is 0 Å². The Labute approximate surface area is 122 Å². The Morgan fingerprint density at radius 1 is 1.53 bits per heavy atom. The number of rotatable bonds is 3. The van der Waals surface area contributed by atoms with Gasteiger partial charge in [0, 0.05) is 17.1 Å². The molecular formula is C14H20BrNO3. The molecule has 0 saturated carbocycles. The predicted molar refractivity (Wildman–Crippen MR) is 78.4 cm³/mol. The first-order valence-corrected chi connectivity index (χ1v) is 7.28. The maximum absolute atomic E-state index is 9.59. The van der Waals surface area contributed by atoms with Crippen LogP contribution in [0.4, 0.5) is 5.69 Å². The molecule has 4 nitrogen and oxygen atoms in total. The lowest BCUT2D eigenvalue weighted by Gasteiger charge is -2.39. The summed E-state index contributed by atoms with van der Waals surface area (Å²) in [6, 6.07) is 6.14. The van der Waals surface area contributed by atoms with Crippen LogP contribution in [0.2, 0.25) is 0 Å². The first kappa shape index (κ1) is 14.8. The van der Waals surface area contributed by atoms with Crippen LogP contribution in [-0.4, -0.2) is 42.1 Å². The summed E-state index contributed by atoms with van der Waals surface area (Å²) in [5.74, 6) is 0. The highest BCUT2D eigenvalue weighted by molar-refractivity contribution is 9.10. The SMILES string of the molecule is CC1COC(CO)CN1c1ccc([C@H](C)O)cc1Br. The van der Waals surface area contributed by atoms with Gasteiger partial charge in [-0.25, -0.2) is 0 Å². The van der Waals surface area contributed by atoms with Crippen molar-refractivity contribution in [3.8, 4) is 0 Å². The molecule has 19 heavy (non-hydrogen) atoms. The van der Waals surface area contributed by atoms with Crippen LogP contribution in [0.1, 0.15) is 25.5 Å². The number of anilines is 1. The van der Waals surface area contributed by atoms with Crippen LogP contribution in [-0.2, 0) is 4.74 Å². The molecule has 0 bridgehead atoms. The fourth-order valence-corrected chi connectivity index (χ4v) is 2.90. The van der Waals surface area contributed by atoms with E-state index in [0.29, 0.717) is 13.2 Å². The van der Waals surface area contributed by atoms with E-state index in [0.717, 1.165) is 15.7 Å². The number of morpholine rings is 1. The molecule has 0 radical (unpaired) electrons. The average Bonchev–Trinajstić information content (AvgIpc) is 2.39. The molecule has 2 rings (SSSR count). The molecule has 1 fully saturated rings. The van der Waals surface area contributed by atoms with Gasteiger partial charge in [0.2, 0.25) is 0 Å². The maximum Gasteiger partial charge on any atom is 0.0981 e. The molecule has 1 saturated heterocycles. The normalized spacial score (nSPS) is 25.4. The molecule has 1 aliphatic heterocycles. The smallest absolute Gasteiger partial charge is 0.0981 e. The van der Waals surface area contributed by atoms with Crippen LogP contribution in [0.5, 0.6) is 0 Å². The second kappa shape index (κ2) is 6.22. The standard InChI is InChI=1S/C14H20BrNO3/c1-9-8-19-12(7-17)6-16(9)14-4-3-11(10(2)18)5-13(14)15/h3-5,9-10,12,17-18H,6-8H2,1-2H3/t9?,10-,12?/m0/s1. The Bertz CT molecular complexity index is 439. The molecule has 0 amide bonds. The van der Waals surface area contributed by atoms with Crippen LogP contribution >= 0.6 is 15.9 Å². The molecule has 1 aromatic rings. The van der Waals surface area contributed by atoms with Gasteiger partial charge in [0.05, 0.1) is 31.1 Å². The third kappa shape index (κ3) is 3.28. The number of hydrogen-bond donors (Lipinski definition) is 2. The first-order chi connectivity index (χ1) is 9.02. The molecule has 1 aliphatic rings. The molecule has 1 heterocycles. The number of aliphatic hydroxyl groups excluding tert-OH is 2. The summed E-state index contributed by atoms with van der Waals surface area (Å²) in [4.78, 5) is 2.22. The lowest BCUT2D eigenvalue weighted by Crippen LogP contribution is -2.49. The molecule has 1 aromatic carbocycles. The molecule has 0 aliphatic carbocycles. The van der Waals surface area contributed by atoms with E-state index in [-0.39, 0.29) is 18.8 Å². The predicted octanol–water partition coefficient (Wildman–Crippen LogP) is 2.09. The lowest BCUT2D eigenvalue weighted by molar-refractivity contribution is -0.0103. The highest BCUT2D eigenvalue weighted by atomic mass is 79.9. The fraction of sp³-hybridized carbons (Fsp3) is 0.571. The van der Waals surface area contributed by atoms with Gasteiger partial charge >= 0.3 is 0 Å². The van der Waals surface area contributed by atoms with E-state index in [4.69, 9.17) is 4.74 Å². The van der Waals surface area contributed by atoms with E-state index in [1.165, 1.54) is 0 Å². The van der Waals surface area contributed by atoms with Gasteiger partial charge < -0.3 is 19.8 Å². The first-order valence-electron chi connectivity index (χ1n) is 6.49. The molecule has 0 aromatic heterocycles. The maximum atomic E-state index is 9.59. The number of hydrogen-bond acceptors (Lipinski definition) is 4. The van der Waals surface area contributed by atoms with Crippen LogP contribution in [0.3, 0.4) is 0 Å². The average molecular weight is 330 g/mol. The zero-order valence-corrected chi connectivity index (χ0v) is 12.8. The van der Waals surface area contributed by atoms with Crippen molar-refractivity contribution in [2.24, 2.45) is 0 Å². The molecule has 3 atom stereocenters. The topological polar surface area (TPSA) is 52.9 Å². The van der Waals surface area contributed by atoms with Crippen LogP contribution in [0.15, 0.2) is 22.7 Å². The van der Waals surface area contributed by atoms with Gasteiger partial charge in [-0.15, -0.1) is 0 Å². The molecule has 2 N–H and O–H groups in total. The number of nitrogens with zero attached hydrogens (tertiary/aromatic N) is 1. The van der Waals surface area contributed by atoms with Gasteiger partial charge in [0.25, 0.3) is 0 Å². The lowest BCUT2D eigenvalue weighted by atomic mass is 10.1. The second-order valence-electron chi connectivity index (χ2n) is 5.03. The van der Waals surface area contributed by atoms with Crippen molar-refractivity contribution in [3.05, 3.63) is 28.2 Å². The number of aliphatic hydroxyl groups is 2. The van der Waals surface area contributed by atoms with Gasteiger partial charge in [-0.05, 0) is 47.5 Å². The molecule has 5 heteroatoms. The summed E-state index contributed by atoms with van der Waals surface area (Å²) in [7, 11) is 0. The molecule has 106 valence electrons.